The monoisotopic (exact) mass is 761 g/mol. The van der Waals surface area contributed by atoms with Crippen molar-refractivity contribution in [2.45, 2.75) is 6.92 Å². The molecule has 3 aromatic heterocycles. The lowest BCUT2D eigenvalue weighted by molar-refractivity contribution is 1.07. The molecule has 0 N–H and O–H groups in total. The van der Waals surface area contributed by atoms with Crippen LogP contribution in [0.15, 0.2) is 193 Å². The first-order chi connectivity index (χ1) is 41.5. The molecule has 268 valence electrons. The minimum atomic E-state index is -1.14. The standard InChI is InChI=1S/C52H35N5/c1-34-13-11-17-38(31-34)51-53-50(54-52(55-51)39-18-12-16-37(32-39)35-14-3-2-4-15-35)36-25-27-40(28-26-36)56-48-24-10-7-21-44(48)45-33-41(29-30-49(45)56)57-46-22-8-5-19-42(46)43-20-6-9-23-47(43)57/h2-33H,1H3/i2D,3D,4D,5D,6D,7D,8D,9D,10D,11D,12D,13D,14D,15D,16D,17D,18D,19D,20D,21D,22D,23D,24D,25D,26D,27D,28D,29D,30D,31D,32D,33D. The molecule has 3 heterocycles. The van der Waals surface area contributed by atoms with Gasteiger partial charge in [0, 0.05) is 49.6 Å². The number of para-hydroxylation sites is 3. The van der Waals surface area contributed by atoms with E-state index in [1.54, 1.807) is 0 Å². The van der Waals surface area contributed by atoms with Crippen LogP contribution in [0.4, 0.5) is 0 Å². The van der Waals surface area contributed by atoms with E-state index in [2.05, 4.69) is 15.0 Å². The van der Waals surface area contributed by atoms with Crippen LogP contribution in [0.1, 0.15) is 49.4 Å². The lowest BCUT2D eigenvalue weighted by Crippen LogP contribution is -2.01. The molecule has 11 aromatic rings. The van der Waals surface area contributed by atoms with Crippen molar-refractivity contribution in [3.05, 3.63) is 199 Å². The molecule has 0 unspecified atom stereocenters. The van der Waals surface area contributed by atoms with Gasteiger partial charge in [0.25, 0.3) is 0 Å². The Bertz CT molecular complexity index is 5020. The van der Waals surface area contributed by atoms with E-state index in [4.69, 9.17) is 30.2 Å². The Balaban J connectivity index is 1.27. The summed E-state index contributed by atoms with van der Waals surface area (Å²) in [5.74, 6) is -2.65. The van der Waals surface area contributed by atoms with E-state index in [0.29, 0.717) is 4.57 Å². The number of hydrogen-bond acceptors (Lipinski definition) is 3. The number of nitrogens with zero attached hydrogens (tertiary/aromatic N) is 5. The van der Waals surface area contributed by atoms with Crippen LogP contribution in [-0.2, 0) is 0 Å². The van der Waals surface area contributed by atoms with Gasteiger partial charge in [-0.1, -0.05) is 126 Å². The zero-order valence-corrected chi connectivity index (χ0v) is 28.7. The van der Waals surface area contributed by atoms with Gasteiger partial charge in [-0.05, 0) is 90.6 Å². The molecule has 8 aromatic carbocycles. The molecule has 57 heavy (non-hydrogen) atoms. The fraction of sp³-hybridized carbons (Fsp3) is 0.0192. The highest BCUT2D eigenvalue weighted by atomic mass is 15.0. The third-order valence-corrected chi connectivity index (χ3v) is 8.67. The molecule has 0 radical (unpaired) electrons. The summed E-state index contributed by atoms with van der Waals surface area (Å²) in [5.41, 5.74) is -8.53. The summed E-state index contributed by atoms with van der Waals surface area (Å²) in [7, 11) is 0. The zero-order valence-electron chi connectivity index (χ0n) is 60.7. The van der Waals surface area contributed by atoms with E-state index in [1.165, 1.54) is 6.92 Å². The van der Waals surface area contributed by atoms with E-state index < -0.39 is 294 Å². The van der Waals surface area contributed by atoms with Gasteiger partial charge in [0.15, 0.2) is 17.5 Å². The van der Waals surface area contributed by atoms with Gasteiger partial charge in [0.2, 0.25) is 0 Å². The van der Waals surface area contributed by atoms with Crippen LogP contribution in [-0.4, -0.2) is 24.1 Å². The van der Waals surface area contributed by atoms with Gasteiger partial charge in [-0.25, -0.2) is 15.0 Å². The smallest absolute Gasteiger partial charge is 0.164 e. The van der Waals surface area contributed by atoms with E-state index in [9.17, 15) is 13.7 Å². The van der Waals surface area contributed by atoms with Crippen molar-refractivity contribution in [2.24, 2.45) is 0 Å². The fourth-order valence-electron chi connectivity index (χ4n) is 6.23. The van der Waals surface area contributed by atoms with E-state index >= 15 is 0 Å². The fourth-order valence-corrected chi connectivity index (χ4v) is 6.23. The van der Waals surface area contributed by atoms with Gasteiger partial charge in [-0.15, -0.1) is 0 Å². The Hall–Kier alpha value is -7.63. The average molecular weight is 762 g/mol. The Morgan fingerprint density at radius 3 is 1.44 bits per heavy atom. The SMILES string of the molecule is [2H]c1c([2H])c([2H])c(-c2c([2H])c([2H])c([2H])c(-c3nc(-c4c([2H])c([2H])c(-n5c6c([2H])c([2H])c([2H])c([2H])c6c6c([2H])c(-n7c8c([2H])c([2H])c([2H])c([2H])c8c8c([2H])c([2H])c([2H])c([2H])c87)c([2H])c([2H])c65)c([2H])c4[2H])nc(-c4c([2H])c([2H])c([2H])c(C)c4[2H])n3)c2[2H])c([2H])c1[2H]. The lowest BCUT2D eigenvalue weighted by atomic mass is 10.0. The quantitative estimate of drug-likeness (QED) is 0.170. The Labute approximate surface area is 374 Å². The maximum Gasteiger partial charge on any atom is 0.164 e. The summed E-state index contributed by atoms with van der Waals surface area (Å²) >= 11 is 0. The first kappa shape index (κ1) is 13.8. The van der Waals surface area contributed by atoms with Gasteiger partial charge >= 0.3 is 0 Å². The third kappa shape index (κ3) is 5.59. The summed E-state index contributed by atoms with van der Waals surface area (Å²) in [5, 5.41) is -2.28. The summed E-state index contributed by atoms with van der Waals surface area (Å²) in [6, 6.07) is -29.6. The molecule has 0 amide bonds. The Morgan fingerprint density at radius 2 is 0.789 bits per heavy atom. The summed E-state index contributed by atoms with van der Waals surface area (Å²) in [6.45, 7) is 1.25. The number of rotatable bonds is 6. The minimum Gasteiger partial charge on any atom is -0.309 e. The maximum atomic E-state index is 9.94. The van der Waals surface area contributed by atoms with Crippen molar-refractivity contribution in [2.75, 3.05) is 0 Å². The van der Waals surface area contributed by atoms with Gasteiger partial charge in [0.1, 0.15) is 0 Å². The molecule has 0 aliphatic carbocycles. The molecular formula is C52H35N5. The second-order valence-corrected chi connectivity index (χ2v) is 12.1. The van der Waals surface area contributed by atoms with E-state index in [0.717, 1.165) is 4.57 Å². The Morgan fingerprint density at radius 1 is 0.333 bits per heavy atom. The van der Waals surface area contributed by atoms with Crippen LogP contribution in [0, 0.1) is 6.92 Å². The summed E-state index contributed by atoms with van der Waals surface area (Å²) < 4.78 is 289. The average Bonchev–Trinajstić information content (AvgIpc) is 1.58. The van der Waals surface area contributed by atoms with Crippen molar-refractivity contribution in [1.29, 1.82) is 0 Å². The predicted molar refractivity (Wildman–Crippen MR) is 235 cm³/mol. The van der Waals surface area contributed by atoms with Gasteiger partial charge < -0.3 is 9.13 Å². The maximum absolute atomic E-state index is 9.94. The van der Waals surface area contributed by atoms with Gasteiger partial charge in [-0.3, -0.25) is 0 Å². The number of aromatic nitrogens is 5. The topological polar surface area (TPSA) is 48.5 Å². The van der Waals surface area contributed by atoms with Crippen LogP contribution < -0.4 is 0 Å². The first-order valence-corrected chi connectivity index (χ1v) is 16.7. The summed E-state index contributed by atoms with van der Waals surface area (Å²) in [6.07, 6.45) is 0. The minimum absolute atomic E-state index is 0.205. The molecule has 0 spiro atoms. The predicted octanol–water partition coefficient (Wildman–Crippen LogP) is 13.0. The van der Waals surface area contributed by atoms with Crippen molar-refractivity contribution >= 4 is 43.6 Å². The third-order valence-electron chi connectivity index (χ3n) is 8.67. The molecule has 0 aliphatic heterocycles. The first-order valence-electron chi connectivity index (χ1n) is 32.7. The summed E-state index contributed by atoms with van der Waals surface area (Å²) in [4.78, 5) is 13.0. The van der Waals surface area contributed by atoms with E-state index in [-0.39, 0.29) is 5.56 Å². The number of fused-ring (bicyclic) bond motifs is 6. The van der Waals surface area contributed by atoms with Crippen LogP contribution in [0.25, 0.3) is 100 Å². The van der Waals surface area contributed by atoms with Crippen molar-refractivity contribution in [3.63, 3.8) is 0 Å². The van der Waals surface area contributed by atoms with Crippen LogP contribution in [0.2, 0.25) is 0 Å². The van der Waals surface area contributed by atoms with Gasteiger partial charge in [-0.2, -0.15) is 0 Å². The molecule has 0 aliphatic rings. The second kappa shape index (κ2) is 13.3. The van der Waals surface area contributed by atoms with Crippen LogP contribution in [0.3, 0.4) is 0 Å². The molecule has 0 saturated heterocycles. The largest absolute Gasteiger partial charge is 0.309 e. The van der Waals surface area contributed by atoms with Crippen LogP contribution in [0.5, 0.6) is 0 Å². The molecule has 0 bridgehead atoms. The highest BCUT2D eigenvalue weighted by molar-refractivity contribution is 6.12. The highest BCUT2D eigenvalue weighted by Gasteiger charge is 2.18. The molecule has 0 fully saturated rings. The molecular weight excluding hydrogens is 695 g/mol. The second-order valence-electron chi connectivity index (χ2n) is 12.1. The highest BCUT2D eigenvalue weighted by Crippen LogP contribution is 2.37. The van der Waals surface area contributed by atoms with Crippen LogP contribution >= 0.6 is 0 Å². The molecule has 0 saturated carbocycles. The van der Waals surface area contributed by atoms with E-state index in [1.807, 2.05) is 0 Å². The number of hydrogen-bond donors (Lipinski definition) is 0. The van der Waals surface area contributed by atoms with Crippen molar-refractivity contribution in [3.8, 4) is 56.7 Å². The van der Waals surface area contributed by atoms with Crippen molar-refractivity contribution < 1.29 is 43.9 Å². The number of benzene rings is 8. The Kier molecular flexibility index (Phi) is 3.23. The van der Waals surface area contributed by atoms with Gasteiger partial charge in [0.05, 0.1) is 65.9 Å². The molecule has 11 rings (SSSR count). The lowest BCUT2D eigenvalue weighted by Gasteiger charge is -2.12. The zero-order chi connectivity index (χ0) is 65.7. The molecule has 0 atom stereocenters. The molecule has 5 heteroatoms. The molecule has 5 nitrogen and oxygen atoms in total. The van der Waals surface area contributed by atoms with Crippen molar-refractivity contribution in [1.82, 2.24) is 24.1 Å². The normalized spacial score (nSPS) is 19.5.